The van der Waals surface area contributed by atoms with Crippen molar-refractivity contribution in [3.8, 4) is 11.5 Å². The highest BCUT2D eigenvalue weighted by molar-refractivity contribution is 5.91. The third-order valence-electron chi connectivity index (χ3n) is 4.41. The molecule has 24 heavy (non-hydrogen) atoms. The molecule has 6 heteroatoms. The molecule has 2 aromatic rings. The Balaban J connectivity index is 1.75. The number of urea groups is 1. The molecular formula is C18H23N3O3. The molecule has 128 valence electrons. The number of aliphatic hydroxyl groups excluding tert-OH is 1. The zero-order valence-corrected chi connectivity index (χ0v) is 14.0. The first-order valence-corrected chi connectivity index (χ1v) is 8.31. The summed E-state index contributed by atoms with van der Waals surface area (Å²) in [7, 11) is 0. The maximum Gasteiger partial charge on any atom is 0.322 e. The second-order valence-electron chi connectivity index (χ2n) is 6.37. The number of aryl methyl sites for hydroxylation is 1. The second-order valence-corrected chi connectivity index (χ2v) is 6.37. The number of amides is 2. The van der Waals surface area contributed by atoms with Crippen molar-refractivity contribution < 1.29 is 14.3 Å². The molecule has 0 saturated carbocycles. The van der Waals surface area contributed by atoms with Crippen LogP contribution in [0.15, 0.2) is 35.1 Å². The zero-order valence-electron chi connectivity index (χ0n) is 14.0. The lowest BCUT2D eigenvalue weighted by Crippen LogP contribution is -2.40. The number of nitrogens with zero attached hydrogens (tertiary/aromatic N) is 2. The number of oxazole rings is 1. The number of nitrogens with one attached hydrogen (secondary N) is 1. The normalized spacial score (nSPS) is 18.6. The predicted molar refractivity (Wildman–Crippen MR) is 91.7 cm³/mol. The van der Waals surface area contributed by atoms with Gasteiger partial charge in [0.15, 0.2) is 0 Å². The van der Waals surface area contributed by atoms with E-state index in [0.29, 0.717) is 12.3 Å². The van der Waals surface area contributed by atoms with Crippen molar-refractivity contribution in [2.24, 2.45) is 0 Å². The number of aliphatic hydroxyl groups is 1. The predicted octanol–water partition coefficient (Wildman–Crippen LogP) is 3.42. The molecule has 0 aliphatic carbocycles. The standard InChI is InChI=1S/C18H23N3O3/c1-12-5-6-14(17-19-7-9-24-17)11-16(12)20-18(23)21-8-3-4-15(21)10-13(2)22/h5-7,9,11,13,15,22H,3-4,8,10H2,1-2H3,(H,20,23). The fraction of sp³-hybridized carbons (Fsp3) is 0.444. The molecule has 0 radical (unpaired) electrons. The van der Waals surface area contributed by atoms with E-state index in [9.17, 15) is 9.90 Å². The number of aromatic nitrogens is 1. The lowest BCUT2D eigenvalue weighted by Gasteiger charge is -2.26. The van der Waals surface area contributed by atoms with Crippen LogP contribution in [0.2, 0.25) is 0 Å². The number of benzene rings is 1. The first-order valence-electron chi connectivity index (χ1n) is 8.31. The third kappa shape index (κ3) is 3.59. The van der Waals surface area contributed by atoms with E-state index in [2.05, 4.69) is 10.3 Å². The van der Waals surface area contributed by atoms with Gasteiger partial charge < -0.3 is 19.7 Å². The quantitative estimate of drug-likeness (QED) is 0.901. The topological polar surface area (TPSA) is 78.6 Å². The summed E-state index contributed by atoms with van der Waals surface area (Å²) < 4.78 is 5.32. The molecule has 0 spiro atoms. The van der Waals surface area contributed by atoms with Gasteiger partial charge in [0.2, 0.25) is 5.89 Å². The number of hydrogen-bond acceptors (Lipinski definition) is 4. The Bertz CT molecular complexity index is 698. The minimum atomic E-state index is -0.404. The van der Waals surface area contributed by atoms with E-state index in [1.165, 1.54) is 6.26 Å². The Labute approximate surface area is 141 Å². The van der Waals surface area contributed by atoms with Gasteiger partial charge in [-0.2, -0.15) is 0 Å². The largest absolute Gasteiger partial charge is 0.445 e. The minimum Gasteiger partial charge on any atom is -0.445 e. The SMILES string of the molecule is Cc1ccc(-c2ncco2)cc1NC(=O)N1CCCC1CC(C)O. The van der Waals surface area contributed by atoms with E-state index in [1.54, 1.807) is 13.1 Å². The van der Waals surface area contributed by atoms with Crippen LogP contribution in [0.3, 0.4) is 0 Å². The smallest absolute Gasteiger partial charge is 0.322 e. The number of carbonyl (C=O) groups is 1. The molecule has 2 amide bonds. The van der Waals surface area contributed by atoms with Crippen molar-refractivity contribution in [2.45, 2.75) is 45.3 Å². The molecule has 1 aromatic heterocycles. The molecule has 2 N–H and O–H groups in total. The monoisotopic (exact) mass is 329 g/mol. The van der Waals surface area contributed by atoms with E-state index in [-0.39, 0.29) is 12.1 Å². The van der Waals surface area contributed by atoms with Gasteiger partial charge in [0.1, 0.15) is 6.26 Å². The van der Waals surface area contributed by atoms with Crippen molar-refractivity contribution in [3.63, 3.8) is 0 Å². The molecular weight excluding hydrogens is 306 g/mol. The highest BCUT2D eigenvalue weighted by atomic mass is 16.3. The Morgan fingerprint density at radius 2 is 2.38 bits per heavy atom. The first-order chi connectivity index (χ1) is 11.5. The number of hydrogen-bond donors (Lipinski definition) is 2. The lowest BCUT2D eigenvalue weighted by atomic mass is 10.1. The first kappa shape index (κ1) is 16.5. The molecule has 2 atom stereocenters. The van der Waals surface area contributed by atoms with Crippen LogP contribution in [0.1, 0.15) is 31.7 Å². The Morgan fingerprint density at radius 1 is 1.54 bits per heavy atom. The summed E-state index contributed by atoms with van der Waals surface area (Å²) in [6.45, 7) is 4.44. The van der Waals surface area contributed by atoms with E-state index in [1.807, 2.05) is 30.0 Å². The fourth-order valence-corrected chi connectivity index (χ4v) is 3.18. The fourth-order valence-electron chi connectivity index (χ4n) is 3.18. The Hall–Kier alpha value is -2.34. The Kier molecular flexibility index (Phi) is 4.85. The van der Waals surface area contributed by atoms with Crippen molar-refractivity contribution in [2.75, 3.05) is 11.9 Å². The summed E-state index contributed by atoms with van der Waals surface area (Å²) in [4.78, 5) is 18.6. The van der Waals surface area contributed by atoms with Gasteiger partial charge >= 0.3 is 6.03 Å². The summed E-state index contributed by atoms with van der Waals surface area (Å²) >= 11 is 0. The molecule has 1 aliphatic heterocycles. The van der Waals surface area contributed by atoms with Gasteiger partial charge in [-0.05, 0) is 50.8 Å². The molecule has 0 bridgehead atoms. The van der Waals surface area contributed by atoms with Crippen LogP contribution < -0.4 is 5.32 Å². The van der Waals surface area contributed by atoms with Crippen LogP contribution in [0.4, 0.5) is 10.5 Å². The van der Waals surface area contributed by atoms with Gasteiger partial charge in [0, 0.05) is 23.8 Å². The third-order valence-corrected chi connectivity index (χ3v) is 4.41. The molecule has 1 aromatic carbocycles. The maximum atomic E-state index is 12.7. The summed E-state index contributed by atoms with van der Waals surface area (Å²) in [5, 5.41) is 12.6. The van der Waals surface area contributed by atoms with Crippen LogP contribution in [0, 0.1) is 6.92 Å². The van der Waals surface area contributed by atoms with Gasteiger partial charge in [-0.25, -0.2) is 9.78 Å². The van der Waals surface area contributed by atoms with E-state index in [0.717, 1.165) is 36.2 Å². The summed E-state index contributed by atoms with van der Waals surface area (Å²) in [5.74, 6) is 0.527. The summed E-state index contributed by atoms with van der Waals surface area (Å²) in [6.07, 6.45) is 5.24. The average molecular weight is 329 g/mol. The van der Waals surface area contributed by atoms with E-state index >= 15 is 0 Å². The van der Waals surface area contributed by atoms with Crippen molar-refractivity contribution in [1.29, 1.82) is 0 Å². The lowest BCUT2D eigenvalue weighted by molar-refractivity contribution is 0.142. The summed E-state index contributed by atoms with van der Waals surface area (Å²) in [6, 6.07) is 5.71. The molecule has 1 aliphatic rings. The van der Waals surface area contributed by atoms with Gasteiger partial charge in [0.05, 0.1) is 12.3 Å². The van der Waals surface area contributed by atoms with Gasteiger partial charge in [-0.3, -0.25) is 0 Å². The van der Waals surface area contributed by atoms with Crippen molar-refractivity contribution >= 4 is 11.7 Å². The highest BCUT2D eigenvalue weighted by Gasteiger charge is 2.29. The van der Waals surface area contributed by atoms with Crippen LogP contribution >= 0.6 is 0 Å². The molecule has 2 heterocycles. The van der Waals surface area contributed by atoms with Crippen molar-refractivity contribution in [3.05, 3.63) is 36.2 Å². The average Bonchev–Trinajstić information content (AvgIpc) is 3.20. The molecule has 3 rings (SSSR count). The van der Waals surface area contributed by atoms with Gasteiger partial charge in [-0.1, -0.05) is 6.07 Å². The highest BCUT2D eigenvalue weighted by Crippen LogP contribution is 2.26. The molecule has 2 unspecified atom stereocenters. The van der Waals surface area contributed by atoms with Gasteiger partial charge in [-0.15, -0.1) is 0 Å². The van der Waals surface area contributed by atoms with Crippen LogP contribution in [0.5, 0.6) is 0 Å². The number of carbonyl (C=O) groups excluding carboxylic acids is 1. The minimum absolute atomic E-state index is 0.0974. The van der Waals surface area contributed by atoms with E-state index < -0.39 is 6.10 Å². The molecule has 1 saturated heterocycles. The van der Waals surface area contributed by atoms with Crippen LogP contribution in [-0.4, -0.2) is 39.7 Å². The van der Waals surface area contributed by atoms with Gasteiger partial charge in [0.25, 0.3) is 0 Å². The van der Waals surface area contributed by atoms with E-state index in [4.69, 9.17) is 4.42 Å². The Morgan fingerprint density at radius 3 is 3.08 bits per heavy atom. The van der Waals surface area contributed by atoms with Crippen LogP contribution in [-0.2, 0) is 0 Å². The molecule has 6 nitrogen and oxygen atoms in total. The van der Waals surface area contributed by atoms with Crippen molar-refractivity contribution in [1.82, 2.24) is 9.88 Å². The number of rotatable bonds is 4. The number of likely N-dealkylation sites (tertiary alicyclic amines) is 1. The van der Waals surface area contributed by atoms with Crippen LogP contribution in [0.25, 0.3) is 11.5 Å². The second kappa shape index (κ2) is 7.05. The summed E-state index contributed by atoms with van der Waals surface area (Å²) in [5.41, 5.74) is 2.55. The molecule has 1 fully saturated rings. The zero-order chi connectivity index (χ0) is 17.1. The number of anilines is 1. The maximum absolute atomic E-state index is 12.7.